The summed E-state index contributed by atoms with van der Waals surface area (Å²) in [5.41, 5.74) is 1.60. The molecule has 5 aliphatic carbocycles. The first kappa shape index (κ1) is 40.4. The van der Waals surface area contributed by atoms with Crippen molar-refractivity contribution in [3.8, 4) is 0 Å². The number of hydrogen-bond donors (Lipinski definition) is 2. The number of nitrogens with zero attached hydrogens (tertiary/aromatic N) is 1. The van der Waals surface area contributed by atoms with Gasteiger partial charge in [0.05, 0.1) is 17.9 Å². The molecular formula is C45H66ClNO6. The van der Waals surface area contributed by atoms with Gasteiger partial charge in [0.2, 0.25) is 0 Å². The number of allylic oxidation sites excluding steroid dienone is 1. The Hall–Kier alpha value is -2.22. The maximum absolute atomic E-state index is 14.1. The Balaban J connectivity index is 1.27. The van der Waals surface area contributed by atoms with Crippen molar-refractivity contribution in [2.24, 2.45) is 56.2 Å². The molecule has 0 saturated heterocycles. The topological polar surface area (TPSA) is 104 Å². The Morgan fingerprint density at radius 1 is 0.943 bits per heavy atom. The predicted molar refractivity (Wildman–Crippen MR) is 209 cm³/mol. The van der Waals surface area contributed by atoms with Crippen molar-refractivity contribution in [3.05, 3.63) is 46.0 Å². The van der Waals surface area contributed by atoms with Gasteiger partial charge in [-0.3, -0.25) is 19.3 Å². The van der Waals surface area contributed by atoms with Crippen LogP contribution in [0.5, 0.6) is 0 Å². The molecule has 0 aromatic heterocycles. The van der Waals surface area contributed by atoms with E-state index in [2.05, 4.69) is 60.4 Å². The lowest BCUT2D eigenvalue weighted by Crippen LogP contribution is -2.66. The molecule has 0 radical (unpaired) electrons. The van der Waals surface area contributed by atoms with Crippen LogP contribution < -0.4 is 0 Å². The summed E-state index contributed by atoms with van der Waals surface area (Å²) in [7, 11) is 2.06. The number of esters is 1. The molecular weight excluding hydrogens is 686 g/mol. The average Bonchev–Trinajstić information content (AvgIpc) is 3.37. The molecule has 6 rings (SSSR count). The number of carboxylic acid groups (broad SMARTS) is 1. The summed E-state index contributed by atoms with van der Waals surface area (Å²) in [6.07, 6.45) is 7.21. The van der Waals surface area contributed by atoms with Crippen molar-refractivity contribution < 1.29 is 29.3 Å². The third-order valence-corrected chi connectivity index (χ3v) is 16.6. The van der Waals surface area contributed by atoms with Gasteiger partial charge in [-0.2, -0.15) is 0 Å². The first-order chi connectivity index (χ1) is 24.5. The maximum Gasteiger partial charge on any atom is 0.309 e. The molecule has 8 heteroatoms. The standard InChI is InChI=1S/C45H66ClNO6/c1-27(2)37-31(48)23-45(34(49)26-47(10)25-28-11-13-29(46)14-12-28)22-21-43(8)30(38(37)45)15-16-33-42(7)19-18-35(53-36(50)24-40(3,4)39(51)52)41(5,6)32(42)17-20-44(33,43)9/h11-14,27,30,32-35,49H,15-26H2,1-10H3,(H,51,52)/t30-,32+,33-,34+,35+,42+,43-,44-,45+/m1/s1. The Kier molecular flexibility index (Phi) is 10.5. The van der Waals surface area contributed by atoms with Gasteiger partial charge in [-0.1, -0.05) is 77.8 Å². The molecule has 5 aliphatic rings. The van der Waals surface area contributed by atoms with Gasteiger partial charge >= 0.3 is 11.9 Å². The van der Waals surface area contributed by atoms with E-state index in [0.29, 0.717) is 36.4 Å². The average molecular weight is 752 g/mol. The van der Waals surface area contributed by atoms with Crippen LogP contribution >= 0.6 is 11.6 Å². The molecule has 7 nitrogen and oxygen atoms in total. The van der Waals surface area contributed by atoms with E-state index in [4.69, 9.17) is 16.3 Å². The first-order valence-corrected chi connectivity index (χ1v) is 20.7. The monoisotopic (exact) mass is 751 g/mol. The molecule has 9 atom stereocenters. The van der Waals surface area contributed by atoms with Gasteiger partial charge in [-0.25, -0.2) is 0 Å². The molecule has 0 heterocycles. The fraction of sp³-hybridized carbons (Fsp3) is 0.756. The minimum Gasteiger partial charge on any atom is -0.481 e. The van der Waals surface area contributed by atoms with Crippen molar-refractivity contribution in [1.29, 1.82) is 0 Å². The predicted octanol–water partition coefficient (Wildman–Crippen LogP) is 9.53. The van der Waals surface area contributed by atoms with E-state index in [1.54, 1.807) is 13.8 Å². The summed E-state index contributed by atoms with van der Waals surface area (Å²) in [4.78, 5) is 41.2. The van der Waals surface area contributed by atoms with E-state index in [0.717, 1.165) is 62.5 Å². The van der Waals surface area contributed by atoms with Crippen LogP contribution in [0.1, 0.15) is 132 Å². The fourth-order valence-electron chi connectivity index (χ4n) is 13.3. The fourth-order valence-corrected chi connectivity index (χ4v) is 13.5. The summed E-state index contributed by atoms with van der Waals surface area (Å²) >= 11 is 6.15. The normalized spacial score (nSPS) is 37.1. The number of aliphatic hydroxyl groups is 1. The number of fused-ring (bicyclic) bond motifs is 7. The molecule has 1 aromatic rings. The lowest BCUT2D eigenvalue weighted by atomic mass is 9.33. The summed E-state index contributed by atoms with van der Waals surface area (Å²) in [6.45, 7) is 20.9. The number of ketones is 1. The molecule has 0 amide bonds. The smallest absolute Gasteiger partial charge is 0.309 e. The van der Waals surface area contributed by atoms with E-state index in [1.807, 2.05) is 24.3 Å². The zero-order valence-corrected chi connectivity index (χ0v) is 34.9. The number of carbonyl (C=O) groups is 3. The summed E-state index contributed by atoms with van der Waals surface area (Å²) < 4.78 is 6.17. The van der Waals surface area contributed by atoms with E-state index in [1.165, 1.54) is 5.57 Å². The number of halogens is 1. The van der Waals surface area contributed by atoms with Crippen molar-refractivity contribution >= 4 is 29.3 Å². The first-order valence-electron chi connectivity index (χ1n) is 20.4. The summed E-state index contributed by atoms with van der Waals surface area (Å²) in [5.74, 6) is 0.0429. The molecule has 1 aromatic carbocycles. The van der Waals surface area contributed by atoms with E-state index < -0.39 is 28.9 Å². The van der Waals surface area contributed by atoms with Gasteiger partial charge in [-0.15, -0.1) is 0 Å². The highest BCUT2D eigenvalue weighted by Crippen LogP contribution is 2.77. The highest BCUT2D eigenvalue weighted by molar-refractivity contribution is 6.30. The Morgan fingerprint density at radius 2 is 1.60 bits per heavy atom. The molecule has 294 valence electrons. The van der Waals surface area contributed by atoms with E-state index >= 15 is 0 Å². The van der Waals surface area contributed by atoms with Crippen LogP contribution in [-0.2, 0) is 25.7 Å². The van der Waals surface area contributed by atoms with Crippen LogP contribution in [0, 0.1) is 56.2 Å². The molecule has 4 fully saturated rings. The second-order valence-corrected chi connectivity index (χ2v) is 20.8. The number of ether oxygens (including phenoxy) is 1. The van der Waals surface area contributed by atoms with Crippen molar-refractivity contribution in [2.75, 3.05) is 13.6 Å². The number of carboxylic acids is 1. The van der Waals surface area contributed by atoms with E-state index in [9.17, 15) is 24.6 Å². The molecule has 53 heavy (non-hydrogen) atoms. The van der Waals surface area contributed by atoms with Crippen LogP contribution in [0.4, 0.5) is 0 Å². The highest BCUT2D eigenvalue weighted by Gasteiger charge is 2.70. The van der Waals surface area contributed by atoms with E-state index in [-0.39, 0.29) is 51.8 Å². The number of likely N-dealkylation sites (N-methyl/N-ethyl adjacent to an activating group) is 1. The number of aliphatic carboxylic acids is 1. The Bertz CT molecular complexity index is 1650. The van der Waals surface area contributed by atoms with Gasteiger partial charge in [0.25, 0.3) is 0 Å². The Labute approximate surface area is 323 Å². The molecule has 0 spiro atoms. The largest absolute Gasteiger partial charge is 0.481 e. The summed E-state index contributed by atoms with van der Waals surface area (Å²) in [5, 5.41) is 22.7. The van der Waals surface area contributed by atoms with Gasteiger partial charge < -0.3 is 14.9 Å². The number of carbonyl (C=O) groups excluding carboxylic acids is 2. The van der Waals surface area contributed by atoms with Crippen LogP contribution in [0.15, 0.2) is 35.4 Å². The maximum atomic E-state index is 14.1. The minimum atomic E-state index is -1.17. The van der Waals surface area contributed by atoms with Crippen LogP contribution in [0.3, 0.4) is 0 Å². The van der Waals surface area contributed by atoms with Gasteiger partial charge in [0, 0.05) is 35.4 Å². The molecule has 4 saturated carbocycles. The summed E-state index contributed by atoms with van der Waals surface area (Å²) in [6, 6.07) is 7.89. The molecule has 0 aliphatic heterocycles. The van der Waals surface area contributed by atoms with Gasteiger partial charge in [0.1, 0.15) is 6.10 Å². The van der Waals surface area contributed by atoms with Crippen LogP contribution in [0.2, 0.25) is 5.02 Å². The van der Waals surface area contributed by atoms with Crippen LogP contribution in [-0.4, -0.2) is 58.6 Å². The molecule has 0 bridgehead atoms. The highest BCUT2D eigenvalue weighted by atomic mass is 35.5. The number of hydrogen-bond acceptors (Lipinski definition) is 6. The third-order valence-electron chi connectivity index (χ3n) is 16.4. The quantitative estimate of drug-likeness (QED) is 0.230. The lowest BCUT2D eigenvalue weighted by Gasteiger charge is -2.72. The number of aliphatic hydroxyl groups excluding tert-OH is 1. The number of Topliss-reactive ketones (excluding diaryl/α,β-unsaturated/α-hetero) is 1. The van der Waals surface area contributed by atoms with Crippen molar-refractivity contribution in [1.82, 2.24) is 4.90 Å². The number of rotatable bonds is 10. The van der Waals surface area contributed by atoms with Gasteiger partial charge in [0.15, 0.2) is 5.78 Å². The Morgan fingerprint density at radius 3 is 2.23 bits per heavy atom. The molecule has 0 unspecified atom stereocenters. The molecule has 2 N–H and O–H groups in total. The van der Waals surface area contributed by atoms with Crippen molar-refractivity contribution in [2.45, 2.75) is 145 Å². The lowest BCUT2D eigenvalue weighted by molar-refractivity contribution is -0.235. The number of benzene rings is 1. The third kappa shape index (κ3) is 6.45. The van der Waals surface area contributed by atoms with Gasteiger partial charge in [-0.05, 0) is 135 Å². The minimum absolute atomic E-state index is 0.0156. The second kappa shape index (κ2) is 13.8. The second-order valence-electron chi connectivity index (χ2n) is 20.4. The SMILES string of the molecule is CC(C)C1=C2[C@H]3CC[C@@H]4[C@@]5(C)CC[C@H](OC(=O)CC(C)(C)C(=O)O)C(C)(C)[C@@H]5CC[C@@]4(C)[C@]3(C)CC[C@@]2([C@@H](O)CN(C)Cc2ccc(Cl)cc2)CC1=O. The van der Waals surface area contributed by atoms with Crippen molar-refractivity contribution in [3.63, 3.8) is 0 Å². The zero-order chi connectivity index (χ0) is 39.1. The van der Waals surface area contributed by atoms with Crippen LogP contribution in [0.25, 0.3) is 0 Å². The zero-order valence-electron chi connectivity index (χ0n) is 34.1.